The Morgan fingerprint density at radius 3 is 1.55 bits per heavy atom. The third kappa shape index (κ3) is 5.46. The molecule has 0 spiro atoms. The first-order valence-corrected chi connectivity index (χ1v) is 24.2. The molecule has 0 amide bonds. The van der Waals surface area contributed by atoms with Crippen molar-refractivity contribution in [1.82, 2.24) is 0 Å². The van der Waals surface area contributed by atoms with Gasteiger partial charge in [0.2, 0.25) is 0 Å². The number of ether oxygens (including phenoxy) is 1. The monoisotopic (exact) mass is 829 g/mol. The fourth-order valence-corrected chi connectivity index (χ4v) is 16.3. The highest BCUT2D eigenvalue weighted by molar-refractivity contribution is 7.22. The smallest absolute Gasteiger partial charge is 0.256 e. The van der Waals surface area contributed by atoms with Crippen molar-refractivity contribution in [2.45, 2.75) is 0 Å². The van der Waals surface area contributed by atoms with Gasteiger partial charge in [0, 0.05) is 16.9 Å². The Hall–Kier alpha value is -7.92. The molecule has 3 heterocycles. The zero-order valence-corrected chi connectivity index (χ0v) is 36.0. The molecule has 0 fully saturated rings. The minimum Gasteiger partial charge on any atom is -0.458 e. The van der Waals surface area contributed by atoms with Crippen molar-refractivity contribution >= 4 is 69.0 Å². The predicted octanol–water partition coefficient (Wildman–Crippen LogP) is 10.5. The summed E-state index contributed by atoms with van der Waals surface area (Å²) in [5, 5.41) is 5.65. The lowest BCUT2D eigenvalue weighted by atomic mass is 9.34. The fourth-order valence-electron chi connectivity index (χ4n) is 11.1. The summed E-state index contributed by atoms with van der Waals surface area (Å²) in [6.45, 7) is -0.0919. The van der Waals surface area contributed by atoms with Crippen LogP contribution in [0.4, 0.5) is 17.1 Å². The molecule has 10 aromatic carbocycles. The number of hydrogen-bond acceptors (Lipinski definition) is 2. The SMILES string of the molecule is c1ccc(-c2ccc3c(c2)Oc2cc(-c4ccccc4)cc4c2B3c2cc3c(cc2N4c2ccccc2-c2ccccc2)-c2ccccc2[Si]3(c2ccccc2)c2ccccc2)cc1. The van der Waals surface area contributed by atoms with Crippen LogP contribution in [0.25, 0.3) is 44.5 Å². The van der Waals surface area contributed by atoms with Gasteiger partial charge >= 0.3 is 0 Å². The minimum atomic E-state index is -2.83. The van der Waals surface area contributed by atoms with E-state index in [9.17, 15) is 0 Å². The lowest BCUT2D eigenvalue weighted by Gasteiger charge is -2.42. The van der Waals surface area contributed by atoms with Gasteiger partial charge in [-0.3, -0.25) is 0 Å². The zero-order chi connectivity index (χ0) is 42.2. The van der Waals surface area contributed by atoms with E-state index >= 15 is 0 Å². The molecule has 0 N–H and O–H groups in total. The van der Waals surface area contributed by atoms with E-state index in [1.807, 2.05) is 0 Å². The van der Waals surface area contributed by atoms with E-state index in [0.29, 0.717) is 0 Å². The lowest BCUT2D eigenvalue weighted by Crippen LogP contribution is -2.73. The van der Waals surface area contributed by atoms with Crippen LogP contribution in [0.5, 0.6) is 11.5 Å². The predicted molar refractivity (Wildman–Crippen MR) is 271 cm³/mol. The molecule has 0 radical (unpaired) electrons. The Morgan fingerprint density at radius 1 is 0.328 bits per heavy atom. The van der Waals surface area contributed by atoms with Gasteiger partial charge in [0.1, 0.15) is 11.5 Å². The molecule has 0 atom stereocenters. The molecule has 0 bridgehead atoms. The van der Waals surface area contributed by atoms with Crippen LogP contribution in [0.2, 0.25) is 0 Å². The van der Waals surface area contributed by atoms with Crippen LogP contribution in [0, 0.1) is 0 Å². The molecular weight excluding hydrogens is 790 g/mol. The highest BCUT2D eigenvalue weighted by Crippen LogP contribution is 2.47. The molecule has 0 aliphatic carbocycles. The Kier molecular flexibility index (Phi) is 8.37. The Labute approximate surface area is 375 Å². The molecule has 298 valence electrons. The summed E-state index contributed by atoms with van der Waals surface area (Å²) in [4.78, 5) is 2.56. The maximum atomic E-state index is 7.27. The Morgan fingerprint density at radius 2 is 0.875 bits per heavy atom. The van der Waals surface area contributed by atoms with Crippen molar-refractivity contribution in [2.75, 3.05) is 4.90 Å². The van der Waals surface area contributed by atoms with Crippen molar-refractivity contribution < 1.29 is 4.74 Å². The van der Waals surface area contributed by atoms with Gasteiger partial charge in [-0.1, -0.05) is 212 Å². The molecule has 0 aromatic heterocycles. The topological polar surface area (TPSA) is 12.5 Å². The summed E-state index contributed by atoms with van der Waals surface area (Å²) in [7, 11) is -2.83. The third-order valence-corrected chi connectivity index (χ3v) is 18.7. The van der Waals surface area contributed by atoms with Crippen LogP contribution >= 0.6 is 0 Å². The molecular formula is C60H40BNOSi. The van der Waals surface area contributed by atoms with Gasteiger partial charge in [0.15, 0.2) is 8.07 Å². The van der Waals surface area contributed by atoms with Crippen molar-refractivity contribution in [1.29, 1.82) is 0 Å². The molecule has 13 rings (SSSR count). The highest BCUT2D eigenvalue weighted by Gasteiger charge is 2.51. The second-order valence-corrected chi connectivity index (χ2v) is 20.9. The zero-order valence-electron chi connectivity index (χ0n) is 35.0. The van der Waals surface area contributed by atoms with Crippen LogP contribution in [-0.4, -0.2) is 14.8 Å². The number of anilines is 3. The number of benzene rings is 10. The van der Waals surface area contributed by atoms with Gasteiger partial charge in [-0.05, 0) is 106 Å². The first-order chi connectivity index (χ1) is 31.8. The van der Waals surface area contributed by atoms with E-state index < -0.39 is 8.07 Å². The van der Waals surface area contributed by atoms with Gasteiger partial charge in [0.05, 0.1) is 5.69 Å². The minimum absolute atomic E-state index is 0.0919. The van der Waals surface area contributed by atoms with E-state index in [-0.39, 0.29) is 6.71 Å². The van der Waals surface area contributed by atoms with E-state index in [1.54, 1.807) is 0 Å². The number of hydrogen-bond donors (Lipinski definition) is 0. The Balaban J connectivity index is 1.17. The van der Waals surface area contributed by atoms with E-state index in [4.69, 9.17) is 4.74 Å². The fraction of sp³-hybridized carbons (Fsp3) is 0. The summed E-state index contributed by atoms with van der Waals surface area (Å²) in [6.07, 6.45) is 0. The maximum Gasteiger partial charge on any atom is 0.256 e. The van der Waals surface area contributed by atoms with Crippen LogP contribution in [0.15, 0.2) is 243 Å². The average molecular weight is 830 g/mol. The largest absolute Gasteiger partial charge is 0.458 e. The Bertz CT molecular complexity index is 3370. The van der Waals surface area contributed by atoms with Crippen molar-refractivity contribution in [3.8, 4) is 56.0 Å². The van der Waals surface area contributed by atoms with Crippen molar-refractivity contribution in [2.24, 2.45) is 0 Å². The second kappa shape index (κ2) is 14.6. The van der Waals surface area contributed by atoms with E-state index in [0.717, 1.165) is 39.6 Å². The number of para-hydroxylation sites is 1. The van der Waals surface area contributed by atoms with Gasteiger partial charge in [0.25, 0.3) is 6.71 Å². The summed E-state index contributed by atoms with van der Waals surface area (Å²) in [5.41, 5.74) is 16.7. The highest BCUT2D eigenvalue weighted by atomic mass is 28.3. The molecule has 3 aliphatic heterocycles. The van der Waals surface area contributed by atoms with Crippen LogP contribution in [-0.2, 0) is 0 Å². The number of nitrogens with zero attached hydrogens (tertiary/aromatic N) is 1. The van der Waals surface area contributed by atoms with Gasteiger partial charge in [-0.25, -0.2) is 0 Å². The van der Waals surface area contributed by atoms with Crippen LogP contribution < -0.4 is 46.8 Å². The normalized spacial score (nSPS) is 13.5. The van der Waals surface area contributed by atoms with Crippen molar-refractivity contribution in [3.63, 3.8) is 0 Å². The molecule has 2 nitrogen and oxygen atoms in total. The summed E-state index contributed by atoms with van der Waals surface area (Å²) < 4.78 is 7.27. The molecule has 64 heavy (non-hydrogen) atoms. The molecule has 0 unspecified atom stereocenters. The van der Waals surface area contributed by atoms with Crippen LogP contribution in [0.3, 0.4) is 0 Å². The third-order valence-electron chi connectivity index (χ3n) is 13.8. The van der Waals surface area contributed by atoms with E-state index in [1.165, 1.54) is 70.6 Å². The van der Waals surface area contributed by atoms with Gasteiger partial charge < -0.3 is 9.64 Å². The molecule has 0 saturated heterocycles. The molecule has 3 aliphatic rings. The quantitative estimate of drug-likeness (QED) is 0.155. The lowest BCUT2D eigenvalue weighted by molar-refractivity contribution is 0.488. The standard InChI is InChI=1S/C60H40BNOSi/c1-6-20-41(21-7-1)44-34-35-51-56(37-44)63-57-38-45(42-22-8-2-9-23-42)36-55-60(57)61(51)52-40-59-50(39-54(52)62(55)53-32-18-16-30-48(53)43-24-10-3-11-25-43)49-31-17-19-33-58(49)64(59,46-26-12-4-13-27-46)47-28-14-5-15-29-47/h1-40H. The molecule has 4 heteroatoms. The van der Waals surface area contributed by atoms with Crippen molar-refractivity contribution in [3.05, 3.63) is 243 Å². The molecule has 10 aromatic rings. The summed E-state index contributed by atoms with van der Waals surface area (Å²) >= 11 is 0. The number of fused-ring (bicyclic) bond motifs is 7. The first kappa shape index (κ1) is 36.7. The molecule has 0 saturated carbocycles. The second-order valence-electron chi connectivity index (χ2n) is 17.1. The average Bonchev–Trinajstić information content (AvgIpc) is 3.66. The summed E-state index contributed by atoms with van der Waals surface area (Å²) in [6, 6.07) is 89.8. The summed E-state index contributed by atoms with van der Waals surface area (Å²) in [5.74, 6) is 1.79. The first-order valence-electron chi connectivity index (χ1n) is 22.2. The van der Waals surface area contributed by atoms with Gasteiger partial charge in [-0.2, -0.15) is 0 Å². The van der Waals surface area contributed by atoms with E-state index in [2.05, 4.69) is 248 Å². The number of rotatable bonds is 6. The van der Waals surface area contributed by atoms with Gasteiger partial charge in [-0.15, -0.1) is 0 Å². The maximum absolute atomic E-state index is 7.27. The van der Waals surface area contributed by atoms with Crippen LogP contribution in [0.1, 0.15) is 0 Å².